The molecule has 1 unspecified atom stereocenters. The highest BCUT2D eigenvalue weighted by molar-refractivity contribution is 6.36. The predicted molar refractivity (Wildman–Crippen MR) is 63.5 cm³/mol. The molecule has 2 N–H and O–H groups in total. The molecule has 84 valence electrons. The van der Waals surface area contributed by atoms with Crippen molar-refractivity contribution < 1.29 is 10.2 Å². The second-order valence-corrected chi connectivity index (χ2v) is 4.02. The van der Waals surface area contributed by atoms with Crippen LogP contribution in [0.1, 0.15) is 17.4 Å². The topological polar surface area (TPSA) is 53.4 Å². The summed E-state index contributed by atoms with van der Waals surface area (Å²) in [6.07, 6.45) is -0.982. The van der Waals surface area contributed by atoms with Crippen molar-refractivity contribution in [3.63, 3.8) is 0 Å². The minimum Gasteiger partial charge on any atom is -0.393 e. The molecular formula is C12H12ClNO2. The summed E-state index contributed by atoms with van der Waals surface area (Å²) in [5.74, 6) is 0. The van der Waals surface area contributed by atoms with Gasteiger partial charge in [0.25, 0.3) is 0 Å². The van der Waals surface area contributed by atoms with Crippen LogP contribution in [0.2, 0.25) is 5.02 Å². The molecule has 4 heteroatoms. The Kier molecular flexibility index (Phi) is 3.10. The molecule has 0 amide bonds. The fraction of sp³-hybridized carbons (Fsp3) is 0.250. The van der Waals surface area contributed by atoms with Gasteiger partial charge in [-0.05, 0) is 13.0 Å². The van der Waals surface area contributed by atoms with E-state index in [0.29, 0.717) is 16.3 Å². The van der Waals surface area contributed by atoms with Crippen LogP contribution in [-0.4, -0.2) is 21.8 Å². The lowest BCUT2D eigenvalue weighted by Gasteiger charge is -2.14. The van der Waals surface area contributed by atoms with E-state index in [1.165, 1.54) is 0 Å². The van der Waals surface area contributed by atoms with Crippen molar-refractivity contribution in [3.05, 3.63) is 40.5 Å². The third-order valence-corrected chi connectivity index (χ3v) is 2.97. The summed E-state index contributed by atoms with van der Waals surface area (Å²) in [7, 11) is 0. The maximum Gasteiger partial charge on any atom is 0.105 e. The zero-order valence-corrected chi connectivity index (χ0v) is 9.57. The van der Waals surface area contributed by atoms with Crippen LogP contribution in [-0.2, 0) is 0 Å². The van der Waals surface area contributed by atoms with Crippen LogP contribution < -0.4 is 0 Å². The number of pyridine rings is 1. The first-order chi connectivity index (χ1) is 7.65. The maximum absolute atomic E-state index is 9.68. The summed E-state index contributed by atoms with van der Waals surface area (Å²) in [6.45, 7) is 1.41. The number of benzene rings is 1. The maximum atomic E-state index is 9.68. The van der Waals surface area contributed by atoms with Gasteiger partial charge in [-0.15, -0.1) is 0 Å². The molecule has 2 aromatic rings. The molecule has 0 spiro atoms. The molecule has 1 atom stereocenters. The number of aromatic nitrogens is 1. The summed E-state index contributed by atoms with van der Waals surface area (Å²) < 4.78 is 0. The van der Waals surface area contributed by atoms with E-state index in [4.69, 9.17) is 16.7 Å². The predicted octanol–water partition coefficient (Wildman–Crippen LogP) is 2.22. The minimum absolute atomic E-state index is 0.361. The fourth-order valence-corrected chi connectivity index (χ4v) is 2.20. The van der Waals surface area contributed by atoms with E-state index in [9.17, 15) is 5.11 Å². The Hall–Kier alpha value is -1.16. The summed E-state index contributed by atoms with van der Waals surface area (Å²) >= 11 is 6.21. The van der Waals surface area contributed by atoms with Crippen molar-refractivity contribution in [2.75, 3.05) is 6.61 Å². The first-order valence-corrected chi connectivity index (χ1v) is 5.36. The molecule has 0 radical (unpaired) electrons. The van der Waals surface area contributed by atoms with E-state index >= 15 is 0 Å². The molecule has 2 rings (SSSR count). The summed E-state index contributed by atoms with van der Waals surface area (Å²) in [6, 6.07) is 7.45. The lowest BCUT2D eigenvalue weighted by Crippen LogP contribution is -2.07. The van der Waals surface area contributed by atoms with Crippen LogP contribution in [0.5, 0.6) is 0 Å². The van der Waals surface area contributed by atoms with Crippen LogP contribution in [0.4, 0.5) is 0 Å². The number of aliphatic hydroxyl groups is 2. The molecule has 0 saturated heterocycles. The molecule has 16 heavy (non-hydrogen) atoms. The molecular weight excluding hydrogens is 226 g/mol. The van der Waals surface area contributed by atoms with Crippen LogP contribution in [0, 0.1) is 6.92 Å². The van der Waals surface area contributed by atoms with E-state index in [2.05, 4.69) is 4.98 Å². The minimum atomic E-state index is -0.982. The molecule has 3 nitrogen and oxygen atoms in total. The van der Waals surface area contributed by atoms with E-state index in [1.54, 1.807) is 6.92 Å². The smallest absolute Gasteiger partial charge is 0.105 e. The lowest BCUT2D eigenvalue weighted by atomic mass is 10.1. The second-order valence-electron chi connectivity index (χ2n) is 3.64. The molecule has 0 aliphatic carbocycles. The number of hydrogen-bond donors (Lipinski definition) is 2. The van der Waals surface area contributed by atoms with E-state index in [1.807, 2.05) is 24.3 Å². The number of fused-ring (bicyclic) bond motifs is 1. The number of halogens is 1. The molecule has 1 heterocycles. The van der Waals surface area contributed by atoms with Crippen LogP contribution in [0.25, 0.3) is 10.9 Å². The summed E-state index contributed by atoms with van der Waals surface area (Å²) in [5, 5.41) is 19.9. The Labute approximate surface area is 98.3 Å². The highest BCUT2D eigenvalue weighted by Crippen LogP contribution is 2.31. The van der Waals surface area contributed by atoms with Gasteiger partial charge in [-0.2, -0.15) is 0 Å². The molecule has 0 aliphatic rings. The van der Waals surface area contributed by atoms with Crippen LogP contribution >= 0.6 is 11.6 Å². The van der Waals surface area contributed by atoms with Crippen LogP contribution in [0.15, 0.2) is 24.3 Å². The zero-order valence-electron chi connectivity index (χ0n) is 8.81. The zero-order chi connectivity index (χ0) is 11.7. The number of hydrogen-bond acceptors (Lipinski definition) is 3. The highest BCUT2D eigenvalue weighted by atomic mass is 35.5. The molecule has 1 aromatic heterocycles. The molecule has 0 fully saturated rings. The number of aliphatic hydroxyl groups excluding tert-OH is 2. The quantitative estimate of drug-likeness (QED) is 0.842. The Bertz CT molecular complexity index is 528. The average Bonchev–Trinajstić information content (AvgIpc) is 2.28. The van der Waals surface area contributed by atoms with Crippen molar-refractivity contribution in [3.8, 4) is 0 Å². The van der Waals surface area contributed by atoms with E-state index in [-0.39, 0.29) is 6.61 Å². The first-order valence-electron chi connectivity index (χ1n) is 4.98. The largest absolute Gasteiger partial charge is 0.393 e. The normalized spacial score (nSPS) is 13.0. The first kappa shape index (κ1) is 11.3. The van der Waals surface area contributed by atoms with Gasteiger partial charge in [0.15, 0.2) is 0 Å². The third-order valence-electron chi connectivity index (χ3n) is 2.56. The van der Waals surface area contributed by atoms with Gasteiger partial charge < -0.3 is 10.2 Å². The summed E-state index contributed by atoms with van der Waals surface area (Å²) in [4.78, 5) is 4.35. The lowest BCUT2D eigenvalue weighted by molar-refractivity contribution is 0.0950. The van der Waals surface area contributed by atoms with Gasteiger partial charge in [-0.3, -0.25) is 4.98 Å². The SMILES string of the molecule is Cc1nc2ccccc2c(Cl)c1C(O)CO. The van der Waals surface area contributed by atoms with Gasteiger partial charge in [0.05, 0.1) is 17.1 Å². The van der Waals surface area contributed by atoms with Gasteiger partial charge in [-0.1, -0.05) is 29.8 Å². The fourth-order valence-electron chi connectivity index (χ4n) is 1.78. The Balaban J connectivity index is 2.75. The van der Waals surface area contributed by atoms with E-state index < -0.39 is 6.10 Å². The van der Waals surface area contributed by atoms with Gasteiger partial charge in [0.1, 0.15) is 6.10 Å². The third kappa shape index (κ3) is 1.78. The Morgan fingerprint density at radius 3 is 2.75 bits per heavy atom. The van der Waals surface area contributed by atoms with Crippen molar-refractivity contribution in [1.82, 2.24) is 4.98 Å². The number of aryl methyl sites for hydroxylation is 1. The van der Waals surface area contributed by atoms with Crippen molar-refractivity contribution in [1.29, 1.82) is 0 Å². The highest BCUT2D eigenvalue weighted by Gasteiger charge is 2.17. The summed E-state index contributed by atoms with van der Waals surface area (Å²) in [5.41, 5.74) is 1.94. The van der Waals surface area contributed by atoms with Gasteiger partial charge >= 0.3 is 0 Å². The molecule has 1 aromatic carbocycles. The Morgan fingerprint density at radius 1 is 1.38 bits per heavy atom. The number of para-hydroxylation sites is 1. The Morgan fingerprint density at radius 2 is 2.06 bits per heavy atom. The van der Waals surface area contributed by atoms with E-state index in [0.717, 1.165) is 10.9 Å². The standard InChI is InChI=1S/C12H12ClNO2/c1-7-11(10(16)6-15)12(13)8-4-2-3-5-9(8)14-7/h2-5,10,15-16H,6H2,1H3. The van der Waals surface area contributed by atoms with Gasteiger partial charge in [-0.25, -0.2) is 0 Å². The van der Waals surface area contributed by atoms with Crippen LogP contribution in [0.3, 0.4) is 0 Å². The molecule has 0 saturated carbocycles. The number of nitrogens with zero attached hydrogens (tertiary/aromatic N) is 1. The van der Waals surface area contributed by atoms with Gasteiger partial charge in [0.2, 0.25) is 0 Å². The number of rotatable bonds is 2. The average molecular weight is 238 g/mol. The van der Waals surface area contributed by atoms with Crippen molar-refractivity contribution in [2.24, 2.45) is 0 Å². The monoisotopic (exact) mass is 237 g/mol. The van der Waals surface area contributed by atoms with Gasteiger partial charge in [0, 0.05) is 16.6 Å². The van der Waals surface area contributed by atoms with Crippen molar-refractivity contribution >= 4 is 22.5 Å². The van der Waals surface area contributed by atoms with Crippen molar-refractivity contribution in [2.45, 2.75) is 13.0 Å². The second kappa shape index (κ2) is 4.37. The molecule has 0 aliphatic heterocycles. The molecule has 0 bridgehead atoms.